The van der Waals surface area contributed by atoms with Crippen LogP contribution in [0.2, 0.25) is 0 Å². The molecular weight excluding hydrogens is 382 g/mol. The Morgan fingerprint density at radius 2 is 2.15 bits per heavy atom. The fraction of sp³-hybridized carbons (Fsp3) is 0.368. The van der Waals surface area contributed by atoms with Crippen LogP contribution in [0.3, 0.4) is 0 Å². The summed E-state index contributed by atoms with van der Waals surface area (Å²) in [5.74, 6) is -0.0812. The number of fused-ring (bicyclic) bond motifs is 1. The summed E-state index contributed by atoms with van der Waals surface area (Å²) in [6.45, 7) is 2.37. The molecule has 0 bridgehead atoms. The molecule has 0 aliphatic carbocycles. The van der Waals surface area contributed by atoms with Crippen molar-refractivity contribution < 1.29 is 13.2 Å². The minimum Gasteiger partial charge on any atom is -0.322 e. The molecule has 0 unspecified atom stereocenters. The number of thioether (sulfide) groups is 1. The van der Waals surface area contributed by atoms with E-state index in [1.165, 1.54) is 16.1 Å². The maximum Gasteiger partial charge on any atom is 0.258 e. The predicted molar refractivity (Wildman–Crippen MR) is 110 cm³/mol. The fourth-order valence-corrected chi connectivity index (χ4v) is 5.39. The van der Waals surface area contributed by atoms with E-state index in [1.54, 1.807) is 30.5 Å². The lowest BCUT2D eigenvalue weighted by atomic mass is 10.0. The van der Waals surface area contributed by atoms with Crippen molar-refractivity contribution in [1.82, 2.24) is 4.98 Å². The van der Waals surface area contributed by atoms with Crippen molar-refractivity contribution in [2.24, 2.45) is 0 Å². The summed E-state index contributed by atoms with van der Waals surface area (Å²) in [6, 6.07) is 8.89. The molecule has 6 nitrogen and oxygen atoms in total. The molecule has 0 radical (unpaired) electrons. The summed E-state index contributed by atoms with van der Waals surface area (Å²) in [5, 5.41) is 3.57. The number of hydrogen-bond donors (Lipinski definition) is 1. The van der Waals surface area contributed by atoms with Crippen LogP contribution < -0.4 is 9.62 Å². The number of amides is 1. The first kappa shape index (κ1) is 19.7. The normalized spacial score (nSPS) is 13.9. The third kappa shape index (κ3) is 4.27. The van der Waals surface area contributed by atoms with Crippen LogP contribution in [0.5, 0.6) is 0 Å². The second-order valence-electron chi connectivity index (χ2n) is 6.35. The largest absolute Gasteiger partial charge is 0.322 e. The molecule has 2 heterocycles. The average molecular weight is 406 g/mol. The highest BCUT2D eigenvalue weighted by Crippen LogP contribution is 2.32. The molecule has 27 heavy (non-hydrogen) atoms. The summed E-state index contributed by atoms with van der Waals surface area (Å²) >= 11 is 1.42. The van der Waals surface area contributed by atoms with E-state index in [-0.39, 0.29) is 11.7 Å². The maximum absolute atomic E-state index is 12.6. The molecule has 1 N–H and O–H groups in total. The van der Waals surface area contributed by atoms with Crippen LogP contribution in [0.1, 0.15) is 35.7 Å². The molecule has 3 rings (SSSR count). The summed E-state index contributed by atoms with van der Waals surface area (Å²) in [6.07, 6.45) is 5.69. The lowest BCUT2D eigenvalue weighted by molar-refractivity contribution is 0.102. The first-order valence-electron chi connectivity index (χ1n) is 8.90. The Labute approximate surface area is 164 Å². The number of anilines is 2. The minimum absolute atomic E-state index is 0.142. The van der Waals surface area contributed by atoms with Crippen molar-refractivity contribution in [3.8, 4) is 0 Å². The monoisotopic (exact) mass is 405 g/mol. The Morgan fingerprint density at radius 1 is 1.33 bits per heavy atom. The van der Waals surface area contributed by atoms with E-state index < -0.39 is 10.0 Å². The van der Waals surface area contributed by atoms with Crippen LogP contribution in [0.25, 0.3) is 0 Å². The molecule has 2 aromatic rings. The molecule has 1 aromatic carbocycles. The van der Waals surface area contributed by atoms with Crippen molar-refractivity contribution >= 4 is 39.1 Å². The van der Waals surface area contributed by atoms with E-state index in [9.17, 15) is 13.2 Å². The zero-order chi connectivity index (χ0) is 19.4. The van der Waals surface area contributed by atoms with Gasteiger partial charge < -0.3 is 5.32 Å². The van der Waals surface area contributed by atoms with Crippen molar-refractivity contribution in [1.29, 1.82) is 0 Å². The maximum atomic E-state index is 12.6. The molecule has 144 valence electrons. The van der Waals surface area contributed by atoms with Crippen molar-refractivity contribution in [2.75, 3.05) is 28.2 Å². The number of carbonyl (C=O) groups is 1. The Morgan fingerprint density at radius 3 is 2.89 bits per heavy atom. The van der Waals surface area contributed by atoms with Crippen molar-refractivity contribution in [3.05, 3.63) is 47.7 Å². The van der Waals surface area contributed by atoms with Gasteiger partial charge in [-0.1, -0.05) is 6.92 Å². The summed E-state index contributed by atoms with van der Waals surface area (Å²) in [7, 11) is -3.30. The molecule has 0 atom stereocenters. The topological polar surface area (TPSA) is 79.4 Å². The molecule has 0 spiro atoms. The molecular formula is C19H23N3O3S2. The molecule has 1 aliphatic heterocycles. The smallest absolute Gasteiger partial charge is 0.258 e. The van der Waals surface area contributed by atoms with Gasteiger partial charge in [-0.15, -0.1) is 11.8 Å². The third-order valence-electron chi connectivity index (χ3n) is 4.42. The number of pyridine rings is 1. The standard InChI is InChI=1S/C19H23N3O3S2/c1-3-12-27(24,25)22-11-5-6-14-13-15(8-9-17(14)22)21-18(23)16-7-4-10-20-19(16)26-2/h4,7-10,13H,3,5-6,11-12H2,1-2H3,(H,21,23). The zero-order valence-electron chi connectivity index (χ0n) is 15.4. The Balaban J connectivity index is 1.85. The number of sulfonamides is 1. The van der Waals surface area contributed by atoms with Crippen molar-refractivity contribution in [3.63, 3.8) is 0 Å². The van der Waals surface area contributed by atoms with Gasteiger partial charge in [-0.2, -0.15) is 0 Å². The van der Waals surface area contributed by atoms with Gasteiger partial charge in [0.05, 0.1) is 17.0 Å². The number of nitrogens with one attached hydrogen (secondary N) is 1. The quantitative estimate of drug-likeness (QED) is 0.744. The number of aryl methyl sites for hydroxylation is 1. The zero-order valence-corrected chi connectivity index (χ0v) is 17.1. The van der Waals surface area contributed by atoms with Crippen LogP contribution in [0.4, 0.5) is 11.4 Å². The number of nitrogens with zero attached hydrogens (tertiary/aromatic N) is 2. The van der Waals surface area contributed by atoms with E-state index in [0.717, 1.165) is 24.1 Å². The Hall–Kier alpha value is -2.06. The minimum atomic E-state index is -3.30. The molecule has 1 aliphatic rings. The van der Waals surface area contributed by atoms with E-state index in [2.05, 4.69) is 10.3 Å². The lowest BCUT2D eigenvalue weighted by Crippen LogP contribution is -2.37. The molecule has 8 heteroatoms. The molecule has 1 aromatic heterocycles. The second-order valence-corrected chi connectivity index (χ2v) is 9.16. The fourth-order valence-electron chi connectivity index (χ4n) is 3.22. The number of carbonyl (C=O) groups excluding carboxylic acids is 1. The highest BCUT2D eigenvalue weighted by atomic mass is 32.2. The third-order valence-corrected chi connectivity index (χ3v) is 7.11. The van der Waals surface area contributed by atoms with Crippen LogP contribution >= 0.6 is 11.8 Å². The Bertz CT molecular complexity index is 945. The van der Waals surface area contributed by atoms with Gasteiger partial charge in [0, 0.05) is 18.4 Å². The molecule has 0 saturated heterocycles. The van der Waals surface area contributed by atoms with Gasteiger partial charge in [-0.05, 0) is 61.4 Å². The number of benzene rings is 1. The SMILES string of the molecule is CCCS(=O)(=O)N1CCCc2cc(NC(=O)c3cccnc3SC)ccc21. The lowest BCUT2D eigenvalue weighted by Gasteiger charge is -2.30. The van der Waals surface area contributed by atoms with E-state index >= 15 is 0 Å². The predicted octanol–water partition coefficient (Wildman–Crippen LogP) is 3.55. The van der Waals surface area contributed by atoms with E-state index in [1.807, 2.05) is 19.2 Å². The van der Waals surface area contributed by atoms with Crippen LogP contribution in [0, 0.1) is 0 Å². The van der Waals surface area contributed by atoms with Gasteiger partial charge in [0.1, 0.15) is 5.03 Å². The van der Waals surface area contributed by atoms with Crippen LogP contribution in [-0.4, -0.2) is 37.9 Å². The molecule has 0 saturated carbocycles. The van der Waals surface area contributed by atoms with E-state index in [0.29, 0.717) is 29.2 Å². The van der Waals surface area contributed by atoms with Gasteiger partial charge in [0.25, 0.3) is 5.91 Å². The second kappa shape index (κ2) is 8.31. The van der Waals surface area contributed by atoms with E-state index in [4.69, 9.17) is 0 Å². The first-order chi connectivity index (χ1) is 13.0. The Kier molecular flexibility index (Phi) is 6.06. The van der Waals surface area contributed by atoms with Crippen LogP contribution in [0.15, 0.2) is 41.6 Å². The molecule has 1 amide bonds. The van der Waals surface area contributed by atoms with Gasteiger partial charge in [0.2, 0.25) is 10.0 Å². The summed E-state index contributed by atoms with van der Waals surface area (Å²) < 4.78 is 26.5. The van der Waals surface area contributed by atoms with Gasteiger partial charge in [-0.3, -0.25) is 9.10 Å². The number of hydrogen-bond acceptors (Lipinski definition) is 5. The highest BCUT2D eigenvalue weighted by molar-refractivity contribution is 7.98. The number of rotatable bonds is 6. The molecule has 0 fully saturated rings. The van der Waals surface area contributed by atoms with Gasteiger partial charge >= 0.3 is 0 Å². The van der Waals surface area contributed by atoms with Crippen molar-refractivity contribution in [2.45, 2.75) is 31.2 Å². The summed E-state index contributed by atoms with van der Waals surface area (Å²) in [5.41, 5.74) is 2.84. The van der Waals surface area contributed by atoms with Gasteiger partial charge in [-0.25, -0.2) is 13.4 Å². The first-order valence-corrected chi connectivity index (χ1v) is 11.7. The summed E-state index contributed by atoms with van der Waals surface area (Å²) in [4.78, 5) is 16.8. The highest BCUT2D eigenvalue weighted by Gasteiger charge is 2.27. The van der Waals surface area contributed by atoms with Gasteiger partial charge in [0.15, 0.2) is 0 Å². The number of aromatic nitrogens is 1. The average Bonchev–Trinajstić information content (AvgIpc) is 2.67. The van der Waals surface area contributed by atoms with Crippen LogP contribution in [-0.2, 0) is 16.4 Å².